The van der Waals surface area contributed by atoms with Crippen molar-refractivity contribution in [2.75, 3.05) is 59.1 Å². The molecule has 0 radical (unpaired) electrons. The van der Waals surface area contributed by atoms with Crippen molar-refractivity contribution in [1.29, 1.82) is 0 Å². The largest absolute Gasteiger partial charge is 1.00 e. The van der Waals surface area contributed by atoms with Crippen molar-refractivity contribution in [3.05, 3.63) is 170 Å². The zero-order valence-corrected chi connectivity index (χ0v) is 40.7. The lowest BCUT2D eigenvalue weighted by Gasteiger charge is -2.05. The second-order valence-electron chi connectivity index (χ2n) is 16.9. The lowest BCUT2D eigenvalue weighted by atomic mass is 10.1. The highest BCUT2D eigenvalue weighted by atomic mass is 35.5. The van der Waals surface area contributed by atoms with Gasteiger partial charge in [-0.05, 0) is 121 Å². The molecule has 0 amide bonds. The Morgan fingerprint density at radius 2 is 0.543 bits per heavy atom. The first-order chi connectivity index (χ1) is 32.8. The van der Waals surface area contributed by atoms with E-state index in [1.807, 2.05) is 136 Å². The maximum atomic E-state index is 5.87. The minimum absolute atomic E-state index is 0. The molecular weight excluding hydrogens is 912 g/mol. The number of benzene rings is 8. The third kappa shape index (κ3) is 10.4. The minimum Gasteiger partial charge on any atom is -1.00 e. The first-order valence-electron chi connectivity index (χ1n) is 22.1. The number of pyridine rings is 4. The molecule has 0 bridgehead atoms. The fraction of sp³-hybridized carbons (Fsp3) is 0.0714. The highest BCUT2D eigenvalue weighted by Crippen LogP contribution is 2.26. The third-order valence-corrected chi connectivity index (χ3v) is 12.1. The number of aryl methyl sites for hydroxylation is 2. The van der Waals surface area contributed by atoms with Gasteiger partial charge in [-0.3, -0.25) is 0 Å². The van der Waals surface area contributed by atoms with Gasteiger partial charge in [0.25, 0.3) is 0 Å². The number of anilines is 8. The quantitative estimate of drug-likeness (QED) is 0.0709. The van der Waals surface area contributed by atoms with E-state index in [1.54, 1.807) is 0 Å². The van der Waals surface area contributed by atoms with E-state index in [0.29, 0.717) is 0 Å². The van der Waals surface area contributed by atoms with Crippen molar-refractivity contribution in [3.63, 3.8) is 0 Å². The molecule has 8 aromatic carbocycles. The Kier molecular flexibility index (Phi) is 14.6. The summed E-state index contributed by atoms with van der Waals surface area (Å²) in [6.45, 7) is 0. The molecule has 0 unspecified atom stereocenters. The average Bonchev–Trinajstić information content (AvgIpc) is 3.34. The molecule has 0 atom stereocenters. The number of nitrogens with zero attached hydrogens (tertiary/aromatic N) is 4. The van der Waals surface area contributed by atoms with Gasteiger partial charge in [0.2, 0.25) is 22.1 Å². The lowest BCUT2D eigenvalue weighted by Crippen LogP contribution is -3.00. The van der Waals surface area contributed by atoms with Crippen molar-refractivity contribution in [2.45, 2.75) is 0 Å². The van der Waals surface area contributed by atoms with Crippen LogP contribution in [0.3, 0.4) is 0 Å². The van der Waals surface area contributed by atoms with Gasteiger partial charge in [-0.15, -0.1) is 0 Å². The summed E-state index contributed by atoms with van der Waals surface area (Å²) in [7, 11) is 7.94. The number of hydrogen-bond donors (Lipinski definition) is 8. The maximum Gasteiger partial charge on any atom is 0.214 e. The molecule has 352 valence electrons. The van der Waals surface area contributed by atoms with Crippen LogP contribution in [-0.4, -0.2) is 24.1 Å². The summed E-state index contributed by atoms with van der Waals surface area (Å²) in [4.78, 5) is 9.17. The predicted octanol–water partition coefficient (Wildman–Crippen LogP) is 4.00. The Labute approximate surface area is 417 Å². The number of hydrogen-bond acceptors (Lipinski definition) is 10. The summed E-state index contributed by atoms with van der Waals surface area (Å²) in [5.74, 6) is 0. The maximum absolute atomic E-state index is 5.87. The SMILES string of the molecule is CNc1ccc2cc3ccc(N)cc3[n+](C)c2c1.CNc1ccc2cc3ccc(N)cc3nc2c1.C[n+]1c2cc(N)ccc2cc2ccc(N)cc21.Nc1ccc2cc3ccc(N)cc3nc2c1.[Cl-].[Cl-]. The number of fused-ring (bicyclic) bond motifs is 8. The van der Waals surface area contributed by atoms with Crippen molar-refractivity contribution < 1.29 is 33.9 Å². The van der Waals surface area contributed by atoms with Crippen LogP contribution in [0.4, 0.5) is 45.5 Å². The van der Waals surface area contributed by atoms with Gasteiger partial charge in [-0.2, -0.15) is 9.13 Å². The highest BCUT2D eigenvalue weighted by molar-refractivity contribution is 5.97. The Bertz CT molecular complexity index is 3780. The van der Waals surface area contributed by atoms with Crippen LogP contribution >= 0.6 is 0 Å². The van der Waals surface area contributed by atoms with E-state index in [9.17, 15) is 0 Å². The first-order valence-corrected chi connectivity index (χ1v) is 22.1. The van der Waals surface area contributed by atoms with Crippen LogP contribution in [-0.2, 0) is 14.1 Å². The molecule has 0 saturated carbocycles. The van der Waals surface area contributed by atoms with Gasteiger partial charge < -0.3 is 69.8 Å². The zero-order valence-electron chi connectivity index (χ0n) is 39.2. The van der Waals surface area contributed by atoms with E-state index in [4.69, 9.17) is 34.4 Å². The Morgan fingerprint density at radius 1 is 0.300 bits per heavy atom. The minimum atomic E-state index is 0. The van der Waals surface area contributed by atoms with Crippen LogP contribution in [0, 0.1) is 0 Å². The summed E-state index contributed by atoms with van der Waals surface area (Å²) < 4.78 is 4.30. The van der Waals surface area contributed by atoms with E-state index < -0.39 is 0 Å². The normalized spacial score (nSPS) is 10.7. The summed E-state index contributed by atoms with van der Waals surface area (Å²) in [5.41, 5.74) is 49.8. The molecule has 4 heterocycles. The molecule has 12 rings (SSSR count). The molecule has 14 N–H and O–H groups in total. The topological polar surface area (TPSA) is 214 Å². The Morgan fingerprint density at radius 3 is 0.886 bits per heavy atom. The number of nitrogens with two attached hydrogens (primary N) is 6. The van der Waals surface area contributed by atoms with Gasteiger partial charge >= 0.3 is 0 Å². The molecule has 0 aliphatic carbocycles. The molecule has 0 fully saturated rings. The molecule has 12 nitrogen and oxygen atoms in total. The van der Waals surface area contributed by atoms with Crippen LogP contribution in [0.25, 0.3) is 87.2 Å². The fourth-order valence-corrected chi connectivity index (χ4v) is 8.48. The second kappa shape index (κ2) is 20.7. The predicted molar refractivity (Wildman–Crippen MR) is 289 cm³/mol. The van der Waals surface area contributed by atoms with E-state index >= 15 is 0 Å². The summed E-state index contributed by atoms with van der Waals surface area (Å²) >= 11 is 0. The van der Waals surface area contributed by atoms with E-state index in [-0.39, 0.29) is 24.8 Å². The number of rotatable bonds is 2. The molecular formula is C56H54Cl2N12. The van der Waals surface area contributed by atoms with Crippen molar-refractivity contribution in [2.24, 2.45) is 14.1 Å². The number of halogens is 2. The molecule has 12 aromatic rings. The number of nitrogen functional groups attached to an aromatic ring is 6. The first kappa shape index (κ1) is 49.3. The summed E-state index contributed by atoms with van der Waals surface area (Å²) in [6.07, 6.45) is 0. The van der Waals surface area contributed by atoms with Gasteiger partial charge in [0, 0.05) is 127 Å². The van der Waals surface area contributed by atoms with Gasteiger partial charge in [0.05, 0.1) is 22.1 Å². The van der Waals surface area contributed by atoms with Gasteiger partial charge in [-0.1, -0.05) is 24.3 Å². The molecule has 14 heteroatoms. The smallest absolute Gasteiger partial charge is 0.214 e. The average molecular weight is 966 g/mol. The Balaban J connectivity index is 0.000000136. The van der Waals surface area contributed by atoms with Crippen LogP contribution in [0.5, 0.6) is 0 Å². The van der Waals surface area contributed by atoms with E-state index in [0.717, 1.165) is 106 Å². The zero-order chi connectivity index (χ0) is 47.6. The fourth-order valence-electron chi connectivity index (χ4n) is 8.48. The molecule has 0 spiro atoms. The second-order valence-corrected chi connectivity index (χ2v) is 16.9. The lowest BCUT2D eigenvalue weighted by molar-refractivity contribution is -0.617. The molecule has 0 aliphatic heterocycles. The van der Waals surface area contributed by atoms with Crippen LogP contribution < -0.4 is 79.0 Å². The van der Waals surface area contributed by atoms with Crippen molar-refractivity contribution >= 4 is 133 Å². The monoisotopic (exact) mass is 964 g/mol. The Hall–Kier alpha value is -8.58. The molecule has 4 aromatic heterocycles. The molecule has 0 saturated heterocycles. The standard InChI is InChI=1S/C15H15N3.2C14H13N3.C13H11N3.2ClH/c1-17-13-6-4-11-7-10-3-5-12(16)8-14(10)18(2)15(11)9-13;1-17-13-7-11(15)4-2-9(13)6-10-3-5-12(16)8-14(10)17;1-16-12-5-3-10-6-9-2-4-11(15)7-13(9)17-14(10)8-12;14-10-3-1-8-5-9-2-4-11(15)7-13(9)16-12(8)6-10;;/h3-9H,1-2H3,(H2,16,17);2-8H,1H3,(H3,15,16);2-8,16H,15H2,1H3;1-7H,14-15H2;2*1H. The van der Waals surface area contributed by atoms with Crippen molar-refractivity contribution in [1.82, 2.24) is 9.97 Å². The van der Waals surface area contributed by atoms with E-state index in [1.165, 1.54) is 27.1 Å². The summed E-state index contributed by atoms with van der Waals surface area (Å²) in [6, 6.07) is 56.3. The van der Waals surface area contributed by atoms with Crippen LogP contribution in [0.15, 0.2) is 170 Å². The van der Waals surface area contributed by atoms with Crippen LogP contribution in [0.1, 0.15) is 0 Å². The van der Waals surface area contributed by atoms with Crippen molar-refractivity contribution in [3.8, 4) is 0 Å². The van der Waals surface area contributed by atoms with Crippen LogP contribution in [0.2, 0.25) is 0 Å². The third-order valence-electron chi connectivity index (χ3n) is 12.1. The summed E-state index contributed by atoms with van der Waals surface area (Å²) in [5, 5.41) is 15.5. The van der Waals surface area contributed by atoms with E-state index in [2.05, 4.69) is 91.4 Å². The van der Waals surface area contributed by atoms with Gasteiger partial charge in [0.1, 0.15) is 14.1 Å². The molecule has 0 aliphatic rings. The highest BCUT2D eigenvalue weighted by Gasteiger charge is 2.14. The number of aromatic nitrogens is 4. The van der Waals surface area contributed by atoms with Gasteiger partial charge in [0.15, 0.2) is 0 Å². The van der Waals surface area contributed by atoms with Gasteiger partial charge in [-0.25, -0.2) is 9.97 Å². The molecule has 70 heavy (non-hydrogen) atoms. The number of nitrogens with one attached hydrogen (secondary N) is 2.